The molecule has 1 unspecified atom stereocenters. The fraction of sp³-hybridized carbons (Fsp3) is 0.419. The Bertz CT molecular complexity index is 1470. The Hall–Kier alpha value is -4.58. The number of urea groups is 1. The summed E-state index contributed by atoms with van der Waals surface area (Å²) in [7, 11) is 0. The van der Waals surface area contributed by atoms with Crippen molar-refractivity contribution in [3.63, 3.8) is 0 Å². The molecule has 0 saturated carbocycles. The van der Waals surface area contributed by atoms with Gasteiger partial charge in [0.2, 0.25) is 18.6 Å². The SMILES string of the molecule is CC(=O)Nc1cccc(C2CCN(CCCNC(=O)CN3C(=O)NC4=C(C(=O)OC4)C3c3ccc4c(c3)OCO4)CC2)c1. The fourth-order valence-corrected chi connectivity index (χ4v) is 6.17. The molecule has 226 valence electrons. The van der Waals surface area contributed by atoms with Crippen molar-refractivity contribution in [2.45, 2.75) is 38.1 Å². The highest BCUT2D eigenvalue weighted by Gasteiger charge is 2.44. The first-order valence-electron chi connectivity index (χ1n) is 14.6. The molecule has 2 aromatic rings. The Morgan fingerprint density at radius 2 is 1.81 bits per heavy atom. The lowest BCUT2D eigenvalue weighted by molar-refractivity contribution is -0.136. The first-order valence-corrected chi connectivity index (χ1v) is 14.6. The van der Waals surface area contributed by atoms with Gasteiger partial charge in [-0.2, -0.15) is 0 Å². The van der Waals surface area contributed by atoms with Crippen molar-refractivity contribution in [2.24, 2.45) is 0 Å². The quantitative estimate of drug-likeness (QED) is 0.300. The van der Waals surface area contributed by atoms with E-state index in [1.54, 1.807) is 18.2 Å². The van der Waals surface area contributed by atoms with Gasteiger partial charge in [-0.3, -0.25) is 9.59 Å². The summed E-state index contributed by atoms with van der Waals surface area (Å²) in [5, 5.41) is 8.50. The van der Waals surface area contributed by atoms with Crippen LogP contribution in [0.4, 0.5) is 10.5 Å². The third-order valence-corrected chi connectivity index (χ3v) is 8.26. The number of anilines is 1. The molecule has 0 aliphatic carbocycles. The van der Waals surface area contributed by atoms with Gasteiger partial charge >= 0.3 is 12.0 Å². The normalized spacial score (nSPS) is 20.0. The summed E-state index contributed by atoms with van der Waals surface area (Å²) in [4.78, 5) is 53.9. The van der Waals surface area contributed by atoms with E-state index in [1.165, 1.54) is 17.4 Å². The molecule has 4 aliphatic heterocycles. The largest absolute Gasteiger partial charge is 0.456 e. The number of carbonyl (C=O) groups is 4. The standard InChI is InChI=1S/C31H35N5O7/c1-19(37)33-23-5-2-4-21(14-23)20-8-12-35(13-9-20)11-3-10-32-27(38)16-36-29(22-6-7-25-26(15-22)43-18-42-25)28-24(34-31(36)40)17-41-30(28)39/h2,4-7,14-15,20,29H,3,8-13,16-18H2,1H3,(H,32,38)(H,33,37)(H,34,40). The number of amides is 4. The monoisotopic (exact) mass is 589 g/mol. The predicted molar refractivity (Wildman–Crippen MR) is 155 cm³/mol. The number of nitrogens with zero attached hydrogens (tertiary/aromatic N) is 2. The molecule has 0 aromatic heterocycles. The molecule has 2 aromatic carbocycles. The second-order valence-electron chi connectivity index (χ2n) is 11.2. The van der Waals surface area contributed by atoms with Gasteiger partial charge in [0.1, 0.15) is 13.2 Å². The highest BCUT2D eigenvalue weighted by Crippen LogP contribution is 2.41. The Labute approximate surface area is 249 Å². The number of ether oxygens (including phenoxy) is 3. The molecule has 0 spiro atoms. The molecule has 1 fully saturated rings. The van der Waals surface area contributed by atoms with Gasteiger partial charge in [0.15, 0.2) is 11.5 Å². The van der Waals surface area contributed by atoms with Crippen molar-refractivity contribution in [3.05, 3.63) is 64.9 Å². The summed E-state index contributed by atoms with van der Waals surface area (Å²) in [6, 6.07) is 12.0. The second-order valence-corrected chi connectivity index (χ2v) is 11.2. The highest BCUT2D eigenvalue weighted by molar-refractivity contribution is 5.98. The highest BCUT2D eigenvalue weighted by atomic mass is 16.7. The van der Waals surface area contributed by atoms with Crippen molar-refractivity contribution >= 4 is 29.5 Å². The summed E-state index contributed by atoms with van der Waals surface area (Å²) in [5.74, 6) is 0.640. The van der Waals surface area contributed by atoms with E-state index in [-0.39, 0.29) is 31.8 Å². The van der Waals surface area contributed by atoms with Crippen molar-refractivity contribution in [2.75, 3.05) is 51.4 Å². The van der Waals surface area contributed by atoms with Gasteiger partial charge < -0.3 is 40.0 Å². The maximum Gasteiger partial charge on any atom is 0.338 e. The number of benzene rings is 2. The third kappa shape index (κ3) is 6.29. The molecule has 6 rings (SSSR count). The number of cyclic esters (lactones) is 1. The summed E-state index contributed by atoms with van der Waals surface area (Å²) in [6.45, 7) is 4.61. The fourth-order valence-electron chi connectivity index (χ4n) is 6.17. The Morgan fingerprint density at radius 3 is 2.63 bits per heavy atom. The lowest BCUT2D eigenvalue weighted by Gasteiger charge is -2.35. The van der Waals surface area contributed by atoms with Crippen molar-refractivity contribution in [1.29, 1.82) is 0 Å². The van der Waals surface area contributed by atoms with Crippen LogP contribution in [0.15, 0.2) is 53.7 Å². The van der Waals surface area contributed by atoms with E-state index in [2.05, 4.69) is 33.0 Å². The van der Waals surface area contributed by atoms with E-state index in [0.717, 1.165) is 44.6 Å². The molecule has 4 amide bonds. The molecule has 43 heavy (non-hydrogen) atoms. The van der Waals surface area contributed by atoms with Crippen LogP contribution in [-0.2, 0) is 19.1 Å². The van der Waals surface area contributed by atoms with E-state index in [4.69, 9.17) is 14.2 Å². The lowest BCUT2D eigenvalue weighted by atomic mass is 9.89. The minimum atomic E-state index is -0.792. The van der Waals surface area contributed by atoms with Gasteiger partial charge in [-0.1, -0.05) is 18.2 Å². The zero-order chi connectivity index (χ0) is 29.9. The van der Waals surface area contributed by atoms with Crippen LogP contribution in [0.2, 0.25) is 0 Å². The number of likely N-dealkylation sites (tertiary alicyclic amines) is 1. The Balaban J connectivity index is 1.00. The van der Waals surface area contributed by atoms with Gasteiger partial charge in [-0.25, -0.2) is 9.59 Å². The molecule has 1 saturated heterocycles. The minimum Gasteiger partial charge on any atom is -0.456 e. The molecular weight excluding hydrogens is 554 g/mol. The van der Waals surface area contributed by atoms with Crippen LogP contribution < -0.4 is 25.4 Å². The van der Waals surface area contributed by atoms with E-state index >= 15 is 0 Å². The number of hydrogen-bond donors (Lipinski definition) is 3. The second kappa shape index (κ2) is 12.3. The zero-order valence-electron chi connectivity index (χ0n) is 24.0. The number of carbonyl (C=O) groups excluding carboxylic acids is 4. The van der Waals surface area contributed by atoms with Gasteiger partial charge in [-0.15, -0.1) is 0 Å². The molecule has 1 atom stereocenters. The van der Waals surface area contributed by atoms with E-state index in [9.17, 15) is 19.2 Å². The first-order chi connectivity index (χ1) is 20.9. The minimum absolute atomic E-state index is 0.0122. The molecule has 0 radical (unpaired) electrons. The van der Waals surface area contributed by atoms with Crippen LogP contribution in [0.5, 0.6) is 11.5 Å². The first kappa shape index (κ1) is 28.5. The Kier molecular flexibility index (Phi) is 8.19. The predicted octanol–water partition coefficient (Wildman–Crippen LogP) is 2.64. The summed E-state index contributed by atoms with van der Waals surface area (Å²) < 4.78 is 16.1. The van der Waals surface area contributed by atoms with E-state index in [1.807, 2.05) is 12.1 Å². The Morgan fingerprint density at radius 1 is 1.00 bits per heavy atom. The smallest absolute Gasteiger partial charge is 0.338 e. The average Bonchev–Trinajstić information content (AvgIpc) is 3.61. The summed E-state index contributed by atoms with van der Waals surface area (Å²) >= 11 is 0. The average molecular weight is 590 g/mol. The van der Waals surface area contributed by atoms with Crippen LogP contribution in [-0.4, -0.2) is 79.7 Å². The molecule has 12 nitrogen and oxygen atoms in total. The number of nitrogens with one attached hydrogen (secondary N) is 3. The van der Waals surface area contributed by atoms with Gasteiger partial charge in [0.05, 0.1) is 17.3 Å². The van der Waals surface area contributed by atoms with Crippen LogP contribution in [0.1, 0.15) is 49.3 Å². The van der Waals surface area contributed by atoms with Crippen LogP contribution in [0.3, 0.4) is 0 Å². The number of rotatable bonds is 9. The van der Waals surface area contributed by atoms with Gasteiger partial charge in [0.25, 0.3) is 0 Å². The molecule has 3 N–H and O–H groups in total. The number of esters is 1. The van der Waals surface area contributed by atoms with Crippen molar-refractivity contribution in [3.8, 4) is 11.5 Å². The maximum absolute atomic E-state index is 13.1. The number of piperidine rings is 1. The van der Waals surface area contributed by atoms with Crippen LogP contribution >= 0.6 is 0 Å². The summed E-state index contributed by atoms with van der Waals surface area (Å²) in [5.41, 5.74) is 3.43. The zero-order valence-corrected chi connectivity index (χ0v) is 24.0. The number of fused-ring (bicyclic) bond motifs is 1. The maximum atomic E-state index is 13.1. The lowest BCUT2D eigenvalue weighted by Crippen LogP contribution is -2.51. The van der Waals surface area contributed by atoms with Crippen LogP contribution in [0.25, 0.3) is 0 Å². The molecular formula is C31H35N5O7. The topological polar surface area (TPSA) is 139 Å². The van der Waals surface area contributed by atoms with E-state index < -0.39 is 18.0 Å². The van der Waals surface area contributed by atoms with Gasteiger partial charge in [0, 0.05) is 19.2 Å². The van der Waals surface area contributed by atoms with Crippen LogP contribution in [0, 0.1) is 0 Å². The van der Waals surface area contributed by atoms with Crippen molar-refractivity contribution < 1.29 is 33.4 Å². The molecule has 0 bridgehead atoms. The third-order valence-electron chi connectivity index (χ3n) is 8.26. The molecule has 12 heteroatoms. The van der Waals surface area contributed by atoms with Crippen molar-refractivity contribution in [1.82, 2.24) is 20.4 Å². The molecule has 4 heterocycles. The van der Waals surface area contributed by atoms with E-state index in [0.29, 0.717) is 40.8 Å². The van der Waals surface area contributed by atoms with Gasteiger partial charge in [-0.05, 0) is 80.2 Å². The summed E-state index contributed by atoms with van der Waals surface area (Å²) in [6.07, 6.45) is 2.83. The molecule has 4 aliphatic rings. The number of hydrogen-bond acceptors (Lipinski definition) is 8.